The molecule has 196 valence electrons. The molecule has 7 nitrogen and oxygen atoms in total. The van der Waals surface area contributed by atoms with Gasteiger partial charge in [0.05, 0.1) is 6.04 Å². The molecule has 1 aromatic rings. The number of nitrogens with one attached hydrogen (secondary N) is 1. The Labute approximate surface area is 211 Å². The summed E-state index contributed by atoms with van der Waals surface area (Å²) in [4.78, 5) is 37.6. The first kappa shape index (κ1) is 28.8. The molecule has 0 saturated carbocycles. The molecule has 1 heterocycles. The number of primary amides is 1. The number of carbonyl (C=O) groups excluding carboxylic acids is 3. The molecule has 0 radical (unpaired) electrons. The van der Waals surface area contributed by atoms with Crippen LogP contribution in [0.1, 0.15) is 95.5 Å². The Balaban J connectivity index is 1.41. The highest BCUT2D eigenvalue weighted by atomic mass is 16.5. The highest BCUT2D eigenvalue weighted by Gasteiger charge is 2.26. The summed E-state index contributed by atoms with van der Waals surface area (Å²) in [6.45, 7) is 2.80. The molecule has 1 aromatic carbocycles. The second-order valence-electron chi connectivity index (χ2n) is 9.62. The van der Waals surface area contributed by atoms with Crippen molar-refractivity contribution < 1.29 is 19.1 Å². The molecule has 3 N–H and O–H groups in total. The molecule has 0 spiro atoms. The maximum absolute atomic E-state index is 12.7. The van der Waals surface area contributed by atoms with Crippen LogP contribution in [0.3, 0.4) is 0 Å². The van der Waals surface area contributed by atoms with Crippen LogP contribution in [0.4, 0.5) is 0 Å². The summed E-state index contributed by atoms with van der Waals surface area (Å²) >= 11 is 0. The van der Waals surface area contributed by atoms with Gasteiger partial charge in [0.15, 0.2) is 0 Å². The molecular weight excluding hydrogens is 442 g/mol. The third-order valence-electron chi connectivity index (χ3n) is 6.59. The maximum atomic E-state index is 12.7. The van der Waals surface area contributed by atoms with Crippen molar-refractivity contribution in [3.8, 4) is 0 Å². The van der Waals surface area contributed by atoms with E-state index < -0.39 is 0 Å². The van der Waals surface area contributed by atoms with E-state index in [0.29, 0.717) is 19.4 Å². The van der Waals surface area contributed by atoms with E-state index in [-0.39, 0.29) is 30.2 Å². The average Bonchev–Trinajstić information content (AvgIpc) is 3.40. The van der Waals surface area contributed by atoms with E-state index in [4.69, 9.17) is 10.5 Å². The number of esters is 1. The topological polar surface area (TPSA) is 102 Å². The standard InChI is InChI=1S/C28H45N3O4/c29-26(32)19-18-25(28(34)31-21-13-14-22-31)30-20-12-7-5-3-1-2-4-6-11-17-27(33)35-23-24-15-9-8-10-16-24/h8-10,15-16,25,30H,1-7,11-14,17-23H2,(H2,29,32). The van der Waals surface area contributed by atoms with Crippen molar-refractivity contribution in [1.29, 1.82) is 0 Å². The van der Waals surface area contributed by atoms with E-state index in [9.17, 15) is 14.4 Å². The minimum absolute atomic E-state index is 0.110. The Morgan fingerprint density at radius 2 is 1.46 bits per heavy atom. The largest absolute Gasteiger partial charge is 0.461 e. The van der Waals surface area contributed by atoms with Crippen molar-refractivity contribution in [3.63, 3.8) is 0 Å². The number of likely N-dealkylation sites (tertiary alicyclic amines) is 1. The van der Waals surface area contributed by atoms with Gasteiger partial charge in [-0.1, -0.05) is 75.3 Å². The molecule has 1 fully saturated rings. The van der Waals surface area contributed by atoms with Crippen LogP contribution in [0, 0.1) is 0 Å². The monoisotopic (exact) mass is 487 g/mol. The Kier molecular flexibility index (Phi) is 14.8. The third kappa shape index (κ3) is 13.3. The van der Waals surface area contributed by atoms with Gasteiger partial charge in [0.1, 0.15) is 6.61 Å². The van der Waals surface area contributed by atoms with Gasteiger partial charge in [0.2, 0.25) is 11.8 Å². The number of nitrogens with two attached hydrogens (primary N) is 1. The van der Waals surface area contributed by atoms with Crippen LogP contribution in [-0.4, -0.2) is 48.4 Å². The molecular formula is C28H45N3O4. The number of unbranched alkanes of at least 4 members (excludes halogenated alkanes) is 8. The first-order valence-electron chi connectivity index (χ1n) is 13.6. The quantitative estimate of drug-likeness (QED) is 0.221. The molecule has 1 aliphatic heterocycles. The number of hydrogen-bond acceptors (Lipinski definition) is 5. The van der Waals surface area contributed by atoms with Gasteiger partial charge >= 0.3 is 5.97 Å². The highest BCUT2D eigenvalue weighted by Crippen LogP contribution is 2.13. The minimum atomic E-state index is -0.353. The normalized spacial score (nSPS) is 14.1. The van der Waals surface area contributed by atoms with E-state index in [0.717, 1.165) is 70.1 Å². The van der Waals surface area contributed by atoms with Gasteiger partial charge in [-0.15, -0.1) is 0 Å². The number of ether oxygens (including phenoxy) is 1. The van der Waals surface area contributed by atoms with Crippen LogP contribution < -0.4 is 11.1 Å². The summed E-state index contributed by atoms with van der Waals surface area (Å²) in [7, 11) is 0. The minimum Gasteiger partial charge on any atom is -0.461 e. The van der Waals surface area contributed by atoms with Crippen molar-refractivity contribution >= 4 is 17.8 Å². The Hall–Kier alpha value is -2.41. The van der Waals surface area contributed by atoms with Gasteiger partial charge in [0, 0.05) is 25.9 Å². The lowest BCUT2D eigenvalue weighted by atomic mass is 10.1. The summed E-state index contributed by atoms with van der Waals surface area (Å²) in [6.07, 6.45) is 13.5. The van der Waals surface area contributed by atoms with Crippen molar-refractivity contribution in [1.82, 2.24) is 10.2 Å². The zero-order chi connectivity index (χ0) is 25.1. The van der Waals surface area contributed by atoms with E-state index in [1.807, 2.05) is 35.2 Å². The zero-order valence-electron chi connectivity index (χ0n) is 21.3. The van der Waals surface area contributed by atoms with Crippen LogP contribution in [0.15, 0.2) is 30.3 Å². The molecule has 2 rings (SSSR count). The van der Waals surface area contributed by atoms with Crippen molar-refractivity contribution in [2.75, 3.05) is 19.6 Å². The molecule has 1 atom stereocenters. The predicted octanol–water partition coefficient (Wildman–Crippen LogP) is 4.48. The first-order valence-corrected chi connectivity index (χ1v) is 13.6. The van der Waals surface area contributed by atoms with E-state index >= 15 is 0 Å². The van der Waals surface area contributed by atoms with Gasteiger partial charge in [-0.3, -0.25) is 14.4 Å². The number of nitrogens with zero attached hydrogens (tertiary/aromatic N) is 1. The molecule has 1 unspecified atom stereocenters. The summed E-state index contributed by atoms with van der Waals surface area (Å²) in [6, 6.07) is 9.48. The third-order valence-corrected chi connectivity index (χ3v) is 6.59. The molecule has 0 aliphatic carbocycles. The molecule has 7 heteroatoms. The van der Waals surface area contributed by atoms with Crippen molar-refractivity contribution in [2.45, 2.75) is 103 Å². The lowest BCUT2D eigenvalue weighted by molar-refractivity contribution is -0.145. The second kappa shape index (κ2) is 17.9. The van der Waals surface area contributed by atoms with Gasteiger partial charge in [-0.2, -0.15) is 0 Å². The fraction of sp³-hybridized carbons (Fsp3) is 0.679. The maximum Gasteiger partial charge on any atom is 0.306 e. The number of rotatable bonds is 19. The average molecular weight is 488 g/mol. The first-order chi connectivity index (χ1) is 17.1. The van der Waals surface area contributed by atoms with Crippen LogP contribution in [-0.2, 0) is 25.7 Å². The van der Waals surface area contributed by atoms with E-state index in [1.165, 1.54) is 25.7 Å². The van der Waals surface area contributed by atoms with Gasteiger partial charge < -0.3 is 20.7 Å². The van der Waals surface area contributed by atoms with Gasteiger partial charge in [0.25, 0.3) is 0 Å². The van der Waals surface area contributed by atoms with E-state index in [2.05, 4.69) is 5.32 Å². The van der Waals surface area contributed by atoms with Crippen molar-refractivity contribution in [2.24, 2.45) is 5.73 Å². The fourth-order valence-corrected chi connectivity index (χ4v) is 4.48. The van der Waals surface area contributed by atoms with Crippen molar-refractivity contribution in [3.05, 3.63) is 35.9 Å². The van der Waals surface area contributed by atoms with Crippen LogP contribution >= 0.6 is 0 Å². The molecule has 2 amide bonds. The zero-order valence-corrected chi connectivity index (χ0v) is 21.3. The molecule has 35 heavy (non-hydrogen) atoms. The van der Waals surface area contributed by atoms with Crippen LogP contribution in [0.25, 0.3) is 0 Å². The highest BCUT2D eigenvalue weighted by molar-refractivity contribution is 5.83. The smallest absolute Gasteiger partial charge is 0.306 e. The lowest BCUT2D eigenvalue weighted by Gasteiger charge is -2.24. The van der Waals surface area contributed by atoms with Crippen LogP contribution in [0.2, 0.25) is 0 Å². The Bertz CT molecular complexity index is 735. The number of carbonyl (C=O) groups is 3. The fourth-order valence-electron chi connectivity index (χ4n) is 4.48. The van der Waals surface area contributed by atoms with Gasteiger partial charge in [-0.05, 0) is 44.2 Å². The predicted molar refractivity (Wildman–Crippen MR) is 138 cm³/mol. The number of hydrogen-bond donors (Lipinski definition) is 2. The van der Waals surface area contributed by atoms with Gasteiger partial charge in [-0.25, -0.2) is 0 Å². The Morgan fingerprint density at radius 3 is 2.09 bits per heavy atom. The Morgan fingerprint density at radius 1 is 0.857 bits per heavy atom. The lowest BCUT2D eigenvalue weighted by Crippen LogP contribution is -2.46. The number of amides is 2. The summed E-state index contributed by atoms with van der Waals surface area (Å²) in [5.41, 5.74) is 6.31. The van der Waals surface area contributed by atoms with Crippen LogP contribution in [0.5, 0.6) is 0 Å². The van der Waals surface area contributed by atoms with E-state index in [1.54, 1.807) is 0 Å². The molecule has 1 saturated heterocycles. The summed E-state index contributed by atoms with van der Waals surface area (Å²) < 4.78 is 5.31. The molecule has 0 aromatic heterocycles. The summed E-state index contributed by atoms with van der Waals surface area (Å²) in [5.74, 6) is -0.344. The number of benzene rings is 1. The molecule has 0 bridgehead atoms. The summed E-state index contributed by atoms with van der Waals surface area (Å²) in [5, 5.41) is 3.37. The SMILES string of the molecule is NC(=O)CCC(NCCCCCCCCCCCC(=O)OCc1ccccc1)C(=O)N1CCCC1. The molecule has 1 aliphatic rings. The second-order valence-corrected chi connectivity index (χ2v) is 9.62.